The molecule has 0 radical (unpaired) electrons. The average Bonchev–Trinajstić information content (AvgIpc) is 3.04. The number of carbonyl (C=O) groups is 1. The number of aromatic nitrogens is 1. The van der Waals surface area contributed by atoms with Crippen LogP contribution in [0.2, 0.25) is 0 Å². The highest BCUT2D eigenvalue weighted by Crippen LogP contribution is 2.36. The van der Waals surface area contributed by atoms with E-state index in [1.165, 1.54) is 0 Å². The Bertz CT molecular complexity index is 1020. The number of para-hydroxylation sites is 1. The first-order valence-corrected chi connectivity index (χ1v) is 10.3. The quantitative estimate of drug-likeness (QED) is 0.545. The first kappa shape index (κ1) is 21.5. The SMILES string of the molecule is CCCCc1c(-c2ccc(OC)cc2)c(C(N)=O)c(C)n1Cc1ccccc1OC. The Morgan fingerprint density at radius 3 is 2.33 bits per heavy atom. The second-order valence-corrected chi connectivity index (χ2v) is 7.38. The molecule has 158 valence electrons. The van der Waals surface area contributed by atoms with Gasteiger partial charge in [-0.15, -0.1) is 0 Å². The number of amides is 1. The zero-order chi connectivity index (χ0) is 21.7. The zero-order valence-corrected chi connectivity index (χ0v) is 18.2. The smallest absolute Gasteiger partial charge is 0.251 e. The molecule has 0 saturated carbocycles. The number of unbranched alkanes of at least 4 members (excludes halogenated alkanes) is 1. The molecule has 2 aromatic carbocycles. The predicted molar refractivity (Wildman–Crippen MR) is 120 cm³/mol. The highest BCUT2D eigenvalue weighted by molar-refractivity contribution is 6.02. The van der Waals surface area contributed by atoms with Crippen LogP contribution in [0.15, 0.2) is 48.5 Å². The van der Waals surface area contributed by atoms with Crippen molar-refractivity contribution in [3.63, 3.8) is 0 Å². The maximum absolute atomic E-state index is 12.5. The number of primary amides is 1. The van der Waals surface area contributed by atoms with Gasteiger partial charge in [0.1, 0.15) is 11.5 Å². The van der Waals surface area contributed by atoms with Crippen LogP contribution >= 0.6 is 0 Å². The summed E-state index contributed by atoms with van der Waals surface area (Å²) >= 11 is 0. The van der Waals surface area contributed by atoms with Gasteiger partial charge < -0.3 is 19.8 Å². The first-order chi connectivity index (χ1) is 14.5. The van der Waals surface area contributed by atoms with Crippen molar-refractivity contribution in [2.45, 2.75) is 39.7 Å². The molecule has 1 amide bonds. The second kappa shape index (κ2) is 9.53. The van der Waals surface area contributed by atoms with E-state index < -0.39 is 5.91 Å². The molecule has 3 rings (SSSR count). The fourth-order valence-electron chi connectivity index (χ4n) is 3.99. The minimum Gasteiger partial charge on any atom is -0.497 e. The van der Waals surface area contributed by atoms with E-state index in [0.29, 0.717) is 12.1 Å². The fraction of sp³-hybridized carbons (Fsp3) is 0.320. The zero-order valence-electron chi connectivity index (χ0n) is 18.2. The van der Waals surface area contributed by atoms with Gasteiger partial charge in [-0.05, 0) is 43.5 Å². The van der Waals surface area contributed by atoms with Gasteiger partial charge in [-0.1, -0.05) is 43.7 Å². The third-order valence-electron chi connectivity index (χ3n) is 5.54. The molecule has 1 aromatic heterocycles. The topological polar surface area (TPSA) is 66.5 Å². The van der Waals surface area contributed by atoms with Gasteiger partial charge in [0.05, 0.1) is 26.3 Å². The van der Waals surface area contributed by atoms with E-state index in [-0.39, 0.29) is 0 Å². The van der Waals surface area contributed by atoms with Gasteiger partial charge in [0, 0.05) is 22.5 Å². The second-order valence-electron chi connectivity index (χ2n) is 7.38. The molecule has 3 aromatic rings. The number of ether oxygens (including phenoxy) is 2. The van der Waals surface area contributed by atoms with Gasteiger partial charge in [0.25, 0.3) is 5.91 Å². The molecule has 0 aliphatic carbocycles. The molecular weight excluding hydrogens is 376 g/mol. The fourth-order valence-corrected chi connectivity index (χ4v) is 3.99. The summed E-state index contributed by atoms with van der Waals surface area (Å²) in [5.41, 5.74) is 11.4. The first-order valence-electron chi connectivity index (χ1n) is 10.3. The predicted octanol–water partition coefficient (Wildman–Crippen LogP) is 4.97. The number of hydrogen-bond donors (Lipinski definition) is 1. The van der Waals surface area contributed by atoms with Crippen molar-refractivity contribution in [1.29, 1.82) is 0 Å². The highest BCUT2D eigenvalue weighted by atomic mass is 16.5. The minimum atomic E-state index is -0.408. The largest absolute Gasteiger partial charge is 0.497 e. The van der Waals surface area contributed by atoms with Gasteiger partial charge in [0.2, 0.25) is 0 Å². The van der Waals surface area contributed by atoms with E-state index in [0.717, 1.165) is 58.8 Å². The molecule has 0 atom stereocenters. The van der Waals surface area contributed by atoms with E-state index in [1.54, 1.807) is 14.2 Å². The standard InChI is InChI=1S/C25H30N2O3/c1-5-6-10-21-24(18-12-14-20(29-3)15-13-18)23(25(26)28)17(2)27(21)16-19-9-7-8-11-22(19)30-4/h7-9,11-15H,5-6,10,16H2,1-4H3,(H2,26,28). The average molecular weight is 407 g/mol. The monoisotopic (exact) mass is 406 g/mol. The van der Waals surface area contributed by atoms with Crippen LogP contribution < -0.4 is 15.2 Å². The summed E-state index contributed by atoms with van der Waals surface area (Å²) in [6, 6.07) is 15.8. The number of benzene rings is 2. The lowest BCUT2D eigenvalue weighted by molar-refractivity contribution is 0.1000. The Hall–Kier alpha value is -3.21. The van der Waals surface area contributed by atoms with E-state index in [1.807, 2.05) is 49.4 Å². The summed E-state index contributed by atoms with van der Waals surface area (Å²) in [6.07, 6.45) is 2.95. The Morgan fingerprint density at radius 1 is 1.03 bits per heavy atom. The summed E-state index contributed by atoms with van der Waals surface area (Å²) < 4.78 is 13.1. The lowest BCUT2D eigenvalue weighted by Crippen LogP contribution is -2.13. The normalized spacial score (nSPS) is 10.8. The van der Waals surface area contributed by atoms with E-state index in [4.69, 9.17) is 15.2 Å². The lowest BCUT2D eigenvalue weighted by Gasteiger charge is -2.15. The van der Waals surface area contributed by atoms with Gasteiger partial charge in [0.15, 0.2) is 0 Å². The van der Waals surface area contributed by atoms with Crippen LogP contribution in [0.4, 0.5) is 0 Å². The van der Waals surface area contributed by atoms with E-state index in [2.05, 4.69) is 17.6 Å². The molecule has 30 heavy (non-hydrogen) atoms. The van der Waals surface area contributed by atoms with Gasteiger partial charge >= 0.3 is 0 Å². The molecule has 0 spiro atoms. The van der Waals surface area contributed by atoms with Crippen LogP contribution in [0, 0.1) is 6.92 Å². The molecule has 0 saturated heterocycles. The molecule has 5 nitrogen and oxygen atoms in total. The molecule has 0 unspecified atom stereocenters. The molecule has 2 N–H and O–H groups in total. The molecule has 0 aliphatic heterocycles. The maximum Gasteiger partial charge on any atom is 0.251 e. The van der Waals surface area contributed by atoms with Crippen molar-refractivity contribution in [3.05, 3.63) is 71.0 Å². The minimum absolute atomic E-state index is 0.408. The van der Waals surface area contributed by atoms with Crippen LogP contribution in [-0.2, 0) is 13.0 Å². The number of nitrogens with zero attached hydrogens (tertiary/aromatic N) is 1. The third-order valence-corrected chi connectivity index (χ3v) is 5.54. The van der Waals surface area contributed by atoms with Gasteiger partial charge in [-0.3, -0.25) is 4.79 Å². The molecule has 0 fully saturated rings. The number of carbonyl (C=O) groups excluding carboxylic acids is 1. The van der Waals surface area contributed by atoms with Crippen molar-refractivity contribution >= 4 is 5.91 Å². The number of rotatable bonds is 9. The van der Waals surface area contributed by atoms with Crippen LogP contribution in [0.1, 0.15) is 47.1 Å². The number of methoxy groups -OCH3 is 2. The Balaban J connectivity index is 2.21. The molecule has 0 bridgehead atoms. The summed E-state index contributed by atoms with van der Waals surface area (Å²) in [5, 5.41) is 0. The number of hydrogen-bond acceptors (Lipinski definition) is 3. The van der Waals surface area contributed by atoms with Crippen LogP contribution in [-0.4, -0.2) is 24.7 Å². The van der Waals surface area contributed by atoms with Crippen LogP contribution in [0.25, 0.3) is 11.1 Å². The molecule has 0 aliphatic rings. The van der Waals surface area contributed by atoms with Crippen molar-refractivity contribution in [2.24, 2.45) is 5.73 Å². The van der Waals surface area contributed by atoms with Gasteiger partial charge in [-0.2, -0.15) is 0 Å². The summed E-state index contributed by atoms with van der Waals surface area (Å²) in [5.74, 6) is 1.20. The van der Waals surface area contributed by atoms with E-state index in [9.17, 15) is 4.79 Å². The van der Waals surface area contributed by atoms with Crippen LogP contribution in [0.3, 0.4) is 0 Å². The maximum atomic E-state index is 12.5. The summed E-state index contributed by atoms with van der Waals surface area (Å²) in [7, 11) is 3.32. The van der Waals surface area contributed by atoms with Crippen molar-refractivity contribution in [1.82, 2.24) is 4.57 Å². The van der Waals surface area contributed by atoms with Crippen molar-refractivity contribution in [2.75, 3.05) is 14.2 Å². The third kappa shape index (κ3) is 4.20. The van der Waals surface area contributed by atoms with Crippen LogP contribution in [0.5, 0.6) is 11.5 Å². The van der Waals surface area contributed by atoms with Crippen molar-refractivity contribution in [3.8, 4) is 22.6 Å². The number of nitrogens with two attached hydrogens (primary N) is 1. The van der Waals surface area contributed by atoms with Crippen molar-refractivity contribution < 1.29 is 14.3 Å². The lowest BCUT2D eigenvalue weighted by atomic mass is 9.97. The molecular formula is C25H30N2O3. The van der Waals surface area contributed by atoms with Gasteiger partial charge in [-0.25, -0.2) is 0 Å². The Kier molecular flexibility index (Phi) is 6.83. The summed E-state index contributed by atoms with van der Waals surface area (Å²) in [4.78, 5) is 12.5. The Morgan fingerprint density at radius 2 is 1.73 bits per heavy atom. The van der Waals surface area contributed by atoms with E-state index >= 15 is 0 Å². The highest BCUT2D eigenvalue weighted by Gasteiger charge is 2.25. The molecule has 5 heteroatoms. The Labute approximate surface area is 178 Å². The summed E-state index contributed by atoms with van der Waals surface area (Å²) in [6.45, 7) is 4.76. The molecule has 1 heterocycles.